The first kappa shape index (κ1) is 18.6. The van der Waals surface area contributed by atoms with Crippen LogP contribution in [0.1, 0.15) is 47.7 Å². The van der Waals surface area contributed by atoms with Crippen molar-refractivity contribution in [1.29, 1.82) is 0 Å². The normalized spacial score (nSPS) is 16.7. The summed E-state index contributed by atoms with van der Waals surface area (Å²) >= 11 is 0. The number of halogens is 1. The van der Waals surface area contributed by atoms with Crippen LogP contribution in [0.15, 0.2) is 38.9 Å². The van der Waals surface area contributed by atoms with Gasteiger partial charge in [-0.25, -0.2) is 4.39 Å². The largest absolute Gasteiger partial charge is 0.455 e. The number of carbonyl (C=O) groups excluding carboxylic acids is 1. The van der Waals surface area contributed by atoms with E-state index >= 15 is 0 Å². The Morgan fingerprint density at radius 1 is 1.26 bits per heavy atom. The van der Waals surface area contributed by atoms with E-state index in [9.17, 15) is 9.18 Å². The molecule has 0 unspecified atom stereocenters. The molecule has 0 aliphatic heterocycles. The molecule has 2 aromatic rings. The van der Waals surface area contributed by atoms with Crippen molar-refractivity contribution in [3.05, 3.63) is 52.7 Å². The minimum atomic E-state index is -0.522. The van der Waals surface area contributed by atoms with Crippen LogP contribution in [0, 0.1) is 18.2 Å². The fourth-order valence-corrected chi connectivity index (χ4v) is 3.28. The summed E-state index contributed by atoms with van der Waals surface area (Å²) in [6.45, 7) is 5.90. The SMILES string of the molecule is Cc1c(C(=O)Nc2ccccc2F)oc2c1/C(=N\N=C(N)N)CC(C)(C)C2. The minimum absolute atomic E-state index is 0.0889. The van der Waals surface area contributed by atoms with Crippen LogP contribution in [0.25, 0.3) is 0 Å². The van der Waals surface area contributed by atoms with Gasteiger partial charge >= 0.3 is 0 Å². The average molecular weight is 371 g/mol. The highest BCUT2D eigenvalue weighted by atomic mass is 19.1. The zero-order valence-corrected chi connectivity index (χ0v) is 15.5. The lowest BCUT2D eigenvalue weighted by molar-refractivity contribution is 0.0992. The molecule has 1 aliphatic rings. The van der Waals surface area contributed by atoms with Gasteiger partial charge < -0.3 is 21.2 Å². The van der Waals surface area contributed by atoms with Crippen molar-refractivity contribution in [3.8, 4) is 0 Å². The third-order valence-corrected chi connectivity index (χ3v) is 4.41. The van der Waals surface area contributed by atoms with Gasteiger partial charge in [0.2, 0.25) is 5.96 Å². The van der Waals surface area contributed by atoms with Gasteiger partial charge in [0.05, 0.1) is 11.4 Å². The summed E-state index contributed by atoms with van der Waals surface area (Å²) in [6.07, 6.45) is 1.27. The zero-order chi connectivity index (χ0) is 19.8. The highest BCUT2D eigenvalue weighted by Crippen LogP contribution is 2.39. The first-order chi connectivity index (χ1) is 12.7. The second kappa shape index (κ2) is 6.86. The molecule has 7 nitrogen and oxygen atoms in total. The Kier molecular flexibility index (Phi) is 4.73. The number of furan rings is 1. The molecule has 0 bridgehead atoms. The van der Waals surface area contributed by atoms with Gasteiger partial charge in [0.15, 0.2) is 5.76 Å². The van der Waals surface area contributed by atoms with Gasteiger partial charge in [-0.15, -0.1) is 5.10 Å². The maximum absolute atomic E-state index is 13.8. The van der Waals surface area contributed by atoms with Crippen LogP contribution < -0.4 is 16.8 Å². The van der Waals surface area contributed by atoms with Gasteiger partial charge in [-0.3, -0.25) is 4.79 Å². The number of fused-ring (bicyclic) bond motifs is 1. The molecule has 0 fully saturated rings. The Labute approximate surface area is 156 Å². The van der Waals surface area contributed by atoms with E-state index in [4.69, 9.17) is 15.9 Å². The maximum Gasteiger partial charge on any atom is 0.291 e. The Balaban J connectivity index is 2.01. The third kappa shape index (κ3) is 3.84. The number of hydrogen-bond acceptors (Lipinski definition) is 4. The van der Waals surface area contributed by atoms with Gasteiger partial charge in [-0.05, 0) is 30.9 Å². The number of rotatable bonds is 3. The van der Waals surface area contributed by atoms with E-state index < -0.39 is 11.7 Å². The predicted molar refractivity (Wildman–Crippen MR) is 102 cm³/mol. The highest BCUT2D eigenvalue weighted by Gasteiger charge is 2.36. The Hall–Kier alpha value is -3.16. The van der Waals surface area contributed by atoms with Crippen LogP contribution >= 0.6 is 0 Å². The number of nitrogens with zero attached hydrogens (tertiary/aromatic N) is 2. The number of anilines is 1. The zero-order valence-electron chi connectivity index (χ0n) is 15.5. The lowest BCUT2D eigenvalue weighted by Gasteiger charge is -2.29. The van der Waals surface area contributed by atoms with Crippen LogP contribution in [0.4, 0.5) is 10.1 Å². The van der Waals surface area contributed by atoms with Gasteiger partial charge in [0, 0.05) is 17.5 Å². The standard InChI is InChI=1S/C19H22FN5O2/c1-10-15-13(24-25-18(21)22)8-19(2,3)9-14(15)27-16(10)17(26)23-12-7-5-4-6-11(12)20/h4-7H,8-9H2,1-3H3,(H,23,26)(H4,21,22,25)/b24-13-. The van der Waals surface area contributed by atoms with Crippen LogP contribution in [0.3, 0.4) is 0 Å². The second-order valence-corrected chi connectivity index (χ2v) is 7.38. The smallest absolute Gasteiger partial charge is 0.291 e. The number of para-hydroxylation sites is 1. The van der Waals surface area contributed by atoms with Gasteiger partial charge in [0.1, 0.15) is 11.6 Å². The van der Waals surface area contributed by atoms with Crippen molar-refractivity contribution in [2.45, 2.75) is 33.6 Å². The second-order valence-electron chi connectivity index (χ2n) is 7.38. The number of nitrogens with two attached hydrogens (primary N) is 2. The van der Waals surface area contributed by atoms with E-state index in [-0.39, 0.29) is 22.8 Å². The summed E-state index contributed by atoms with van der Waals surface area (Å²) in [5, 5.41) is 10.5. The van der Waals surface area contributed by atoms with Crippen molar-refractivity contribution in [2.24, 2.45) is 27.1 Å². The number of hydrogen-bond donors (Lipinski definition) is 3. The Morgan fingerprint density at radius 3 is 2.63 bits per heavy atom. The van der Waals surface area contributed by atoms with Crippen molar-refractivity contribution >= 4 is 23.3 Å². The summed E-state index contributed by atoms with van der Waals surface area (Å²) in [5.74, 6) is -0.418. The van der Waals surface area contributed by atoms with E-state index in [0.29, 0.717) is 29.9 Å². The molecular weight excluding hydrogens is 349 g/mol. The number of nitrogens with one attached hydrogen (secondary N) is 1. The molecule has 0 atom stereocenters. The minimum Gasteiger partial charge on any atom is -0.455 e. The molecule has 1 aromatic carbocycles. The molecular formula is C19H22FN5O2. The summed E-state index contributed by atoms with van der Waals surface area (Å²) in [4.78, 5) is 12.7. The van der Waals surface area contributed by atoms with E-state index in [1.165, 1.54) is 12.1 Å². The summed E-state index contributed by atoms with van der Waals surface area (Å²) < 4.78 is 19.7. The summed E-state index contributed by atoms with van der Waals surface area (Å²) in [5.41, 5.74) is 12.7. The lowest BCUT2D eigenvalue weighted by atomic mass is 9.75. The topological polar surface area (TPSA) is 119 Å². The van der Waals surface area contributed by atoms with Crippen molar-refractivity contribution < 1.29 is 13.6 Å². The van der Waals surface area contributed by atoms with E-state index in [0.717, 1.165) is 5.56 Å². The summed E-state index contributed by atoms with van der Waals surface area (Å²) in [7, 11) is 0. The van der Waals surface area contributed by atoms with E-state index in [1.54, 1.807) is 19.1 Å². The molecule has 1 heterocycles. The molecule has 1 amide bonds. The fourth-order valence-electron chi connectivity index (χ4n) is 3.28. The number of carbonyl (C=O) groups is 1. The van der Waals surface area contributed by atoms with Crippen molar-refractivity contribution in [3.63, 3.8) is 0 Å². The molecule has 0 saturated heterocycles. The number of benzene rings is 1. The van der Waals surface area contributed by atoms with Gasteiger partial charge in [-0.2, -0.15) is 5.10 Å². The molecule has 8 heteroatoms. The summed E-state index contributed by atoms with van der Waals surface area (Å²) in [6, 6.07) is 5.95. The van der Waals surface area contributed by atoms with Crippen LogP contribution in [-0.2, 0) is 6.42 Å². The van der Waals surface area contributed by atoms with E-state index in [2.05, 4.69) is 29.4 Å². The molecule has 0 saturated carbocycles. The quantitative estimate of drug-likeness (QED) is 0.436. The first-order valence-corrected chi connectivity index (χ1v) is 8.52. The Bertz CT molecular complexity index is 955. The van der Waals surface area contributed by atoms with Crippen LogP contribution in [0.2, 0.25) is 0 Å². The molecule has 5 N–H and O–H groups in total. The van der Waals surface area contributed by atoms with Crippen molar-refractivity contribution in [2.75, 3.05) is 5.32 Å². The number of guanidine groups is 1. The van der Waals surface area contributed by atoms with E-state index in [1.807, 2.05) is 0 Å². The number of amides is 1. The monoisotopic (exact) mass is 371 g/mol. The van der Waals surface area contributed by atoms with Crippen LogP contribution in [0.5, 0.6) is 0 Å². The molecule has 27 heavy (non-hydrogen) atoms. The molecule has 0 radical (unpaired) electrons. The maximum atomic E-state index is 13.8. The first-order valence-electron chi connectivity index (χ1n) is 8.52. The lowest BCUT2D eigenvalue weighted by Crippen LogP contribution is -2.27. The fraction of sp³-hybridized carbons (Fsp3) is 0.316. The Morgan fingerprint density at radius 2 is 1.96 bits per heavy atom. The predicted octanol–water partition coefficient (Wildman–Crippen LogP) is 2.93. The van der Waals surface area contributed by atoms with Crippen molar-refractivity contribution in [1.82, 2.24) is 0 Å². The van der Waals surface area contributed by atoms with Gasteiger partial charge in [0.25, 0.3) is 5.91 Å². The highest BCUT2D eigenvalue weighted by molar-refractivity contribution is 6.09. The third-order valence-electron chi connectivity index (χ3n) is 4.41. The molecule has 3 rings (SSSR count). The van der Waals surface area contributed by atoms with Gasteiger partial charge in [-0.1, -0.05) is 26.0 Å². The molecule has 1 aromatic heterocycles. The average Bonchev–Trinajstić information content (AvgIpc) is 2.90. The molecule has 1 aliphatic carbocycles. The van der Waals surface area contributed by atoms with Crippen LogP contribution in [-0.4, -0.2) is 17.6 Å². The molecule has 0 spiro atoms. The molecule has 142 valence electrons.